The Morgan fingerprint density at radius 2 is 0.938 bits per heavy atom. The summed E-state index contributed by atoms with van der Waals surface area (Å²) in [7, 11) is 0. The third-order valence-electron chi connectivity index (χ3n) is 2.67. The number of hydrogen-bond acceptors (Lipinski definition) is 4. The molecule has 0 atom stereocenters. The molecule has 0 aromatic heterocycles. The van der Waals surface area contributed by atoms with Crippen molar-refractivity contribution >= 4 is 75.0 Å². The highest BCUT2D eigenvalue weighted by atomic mass is 27.1. The normalized spacial score (nSPS) is 10.8. The average Bonchev–Trinajstić information content (AvgIpc) is 2.25. The summed E-state index contributed by atoms with van der Waals surface area (Å²) in [6.07, 6.45) is 0. The van der Waals surface area contributed by atoms with Crippen molar-refractivity contribution in [1.82, 2.24) is 0 Å². The summed E-state index contributed by atoms with van der Waals surface area (Å²) in [5.74, 6) is 0. The largest absolute Gasteiger partial charge is 0.398 e. The molecule has 0 heterocycles. The first-order valence-electron chi connectivity index (χ1n) is 4.64. The Hall–Kier alpha value is -1.04. The zero-order valence-corrected chi connectivity index (χ0v) is 10.9. The lowest BCUT2D eigenvalue weighted by atomic mass is 10.0. The molecule has 4 radical (unpaired) electrons. The number of benzene rings is 2. The molecule has 76 valence electrons. The first-order valence-corrected chi connectivity index (χ1v) is 5.79. The SMILES string of the molecule is Nc1[c]([Al])cc2c(N)c(N)[c]([Al])cc2c1N. The van der Waals surface area contributed by atoms with Crippen molar-refractivity contribution in [3.05, 3.63) is 12.1 Å². The molecular weight excluding hydrogens is 230 g/mol. The monoisotopic (exact) mass is 240 g/mol. The van der Waals surface area contributed by atoms with E-state index in [9.17, 15) is 0 Å². The minimum Gasteiger partial charge on any atom is -0.398 e. The molecule has 0 bridgehead atoms. The Morgan fingerprint density at radius 1 is 0.625 bits per heavy atom. The summed E-state index contributed by atoms with van der Waals surface area (Å²) in [6, 6.07) is 3.75. The molecule has 0 amide bonds. The third-order valence-corrected chi connectivity index (χ3v) is 3.63. The molecule has 2 aromatic carbocycles. The standard InChI is InChI=1S/C10H10N4.2Al/c11-7-3-1-5-6(10(7)14)2-4-8(12)9(5)13;;/h1-2H,11-14H2;;. The Balaban J connectivity index is 3.02. The molecule has 0 aliphatic heterocycles. The van der Waals surface area contributed by atoms with Gasteiger partial charge in [0.25, 0.3) is 0 Å². The van der Waals surface area contributed by atoms with Crippen LogP contribution in [0.1, 0.15) is 0 Å². The van der Waals surface area contributed by atoms with Gasteiger partial charge in [-0.15, -0.1) is 8.85 Å². The minimum atomic E-state index is 0.540. The second kappa shape index (κ2) is 3.77. The fourth-order valence-electron chi connectivity index (χ4n) is 1.67. The quantitative estimate of drug-likeness (QED) is 0.341. The van der Waals surface area contributed by atoms with Crippen molar-refractivity contribution in [2.75, 3.05) is 22.9 Å². The Bertz CT molecular complexity index is 542. The smallest absolute Gasteiger partial charge is 0.179 e. The Morgan fingerprint density at radius 3 is 1.25 bits per heavy atom. The maximum absolute atomic E-state index is 5.96. The number of fused-ring (bicyclic) bond motifs is 1. The number of hydrogen-bond donors (Lipinski definition) is 4. The lowest BCUT2D eigenvalue weighted by Gasteiger charge is -2.15. The van der Waals surface area contributed by atoms with Gasteiger partial charge in [-0.05, 0) is 0 Å². The van der Waals surface area contributed by atoms with Crippen LogP contribution in [0.25, 0.3) is 10.8 Å². The second-order valence-corrected chi connectivity index (χ2v) is 4.93. The van der Waals surface area contributed by atoms with Crippen LogP contribution in [0.5, 0.6) is 0 Å². The predicted molar refractivity (Wildman–Crippen MR) is 72.4 cm³/mol. The van der Waals surface area contributed by atoms with Crippen LogP contribution in [-0.4, -0.2) is 32.6 Å². The van der Waals surface area contributed by atoms with Gasteiger partial charge in [-0.3, -0.25) is 0 Å². The average molecular weight is 240 g/mol. The van der Waals surface area contributed by atoms with E-state index in [1.54, 1.807) is 0 Å². The maximum Gasteiger partial charge on any atom is 0.179 e. The third kappa shape index (κ3) is 1.52. The summed E-state index contributed by atoms with van der Waals surface area (Å²) in [4.78, 5) is 0. The topological polar surface area (TPSA) is 104 Å². The zero-order valence-electron chi connectivity index (χ0n) is 8.62. The molecule has 0 aliphatic rings. The summed E-state index contributed by atoms with van der Waals surface area (Å²) < 4.78 is 1.65. The number of nitrogens with two attached hydrogens (primary N) is 4. The molecule has 0 aliphatic carbocycles. The summed E-state index contributed by atoms with van der Waals surface area (Å²) in [6.45, 7) is 0. The highest BCUT2D eigenvalue weighted by molar-refractivity contribution is 6.41. The minimum absolute atomic E-state index is 0.540. The summed E-state index contributed by atoms with van der Waals surface area (Å²) in [5.41, 5.74) is 25.9. The number of anilines is 4. The van der Waals surface area contributed by atoms with Gasteiger partial charge in [0, 0.05) is 22.1 Å². The van der Waals surface area contributed by atoms with Crippen LogP contribution < -0.4 is 31.8 Å². The van der Waals surface area contributed by atoms with Gasteiger partial charge in [0.05, 0.1) is 11.4 Å². The van der Waals surface area contributed by atoms with Crippen molar-refractivity contribution in [2.24, 2.45) is 0 Å². The Kier molecular flexibility index (Phi) is 2.70. The van der Waals surface area contributed by atoms with Crippen LogP contribution in [-0.2, 0) is 0 Å². The van der Waals surface area contributed by atoms with E-state index in [2.05, 4.69) is 32.6 Å². The van der Waals surface area contributed by atoms with Crippen LogP contribution in [0.4, 0.5) is 22.7 Å². The van der Waals surface area contributed by atoms with Gasteiger partial charge in [-0.2, -0.15) is 0 Å². The van der Waals surface area contributed by atoms with Crippen molar-refractivity contribution in [3.63, 3.8) is 0 Å². The van der Waals surface area contributed by atoms with E-state index in [0.717, 1.165) is 19.6 Å². The van der Waals surface area contributed by atoms with Crippen molar-refractivity contribution < 1.29 is 0 Å². The highest BCUT2D eigenvalue weighted by Gasteiger charge is 2.10. The molecule has 0 saturated carbocycles. The highest BCUT2D eigenvalue weighted by Crippen LogP contribution is 2.30. The molecule has 2 aromatic rings. The van der Waals surface area contributed by atoms with Crippen molar-refractivity contribution in [2.45, 2.75) is 0 Å². The van der Waals surface area contributed by atoms with E-state index in [1.807, 2.05) is 12.1 Å². The van der Waals surface area contributed by atoms with Crippen molar-refractivity contribution in [1.29, 1.82) is 0 Å². The molecule has 2 rings (SSSR count). The molecule has 0 saturated heterocycles. The molecule has 0 unspecified atom stereocenters. The van der Waals surface area contributed by atoms with Crippen LogP contribution in [0.3, 0.4) is 0 Å². The molecule has 4 nitrogen and oxygen atoms in total. The second-order valence-electron chi connectivity index (χ2n) is 3.68. The first-order chi connectivity index (χ1) is 7.43. The van der Waals surface area contributed by atoms with Crippen LogP contribution in [0, 0.1) is 0 Å². The van der Waals surface area contributed by atoms with Gasteiger partial charge in [0.15, 0.2) is 32.6 Å². The Labute approximate surface area is 110 Å². The van der Waals surface area contributed by atoms with Crippen molar-refractivity contribution in [3.8, 4) is 0 Å². The maximum atomic E-state index is 5.96. The lowest BCUT2D eigenvalue weighted by Crippen LogP contribution is -2.17. The van der Waals surface area contributed by atoms with Gasteiger partial charge < -0.3 is 22.9 Å². The van der Waals surface area contributed by atoms with E-state index in [-0.39, 0.29) is 0 Å². The van der Waals surface area contributed by atoms with Gasteiger partial charge in [0.2, 0.25) is 0 Å². The van der Waals surface area contributed by atoms with E-state index in [1.165, 1.54) is 0 Å². The van der Waals surface area contributed by atoms with Crippen LogP contribution >= 0.6 is 0 Å². The molecule has 16 heavy (non-hydrogen) atoms. The van der Waals surface area contributed by atoms with Crippen LogP contribution in [0.2, 0.25) is 0 Å². The molecule has 6 heteroatoms. The first kappa shape index (κ1) is 11.5. The summed E-state index contributed by atoms with van der Waals surface area (Å²) in [5, 5.41) is 1.67. The molecule has 0 fully saturated rings. The summed E-state index contributed by atoms with van der Waals surface area (Å²) >= 11 is 5.08. The molecule has 8 N–H and O–H groups in total. The van der Waals surface area contributed by atoms with E-state index in [0.29, 0.717) is 22.7 Å². The van der Waals surface area contributed by atoms with E-state index in [4.69, 9.17) is 22.9 Å². The number of nitrogen functional groups attached to an aromatic ring is 4. The fraction of sp³-hybridized carbons (Fsp3) is 0. The van der Waals surface area contributed by atoms with Gasteiger partial charge in [-0.25, -0.2) is 0 Å². The van der Waals surface area contributed by atoms with E-state index >= 15 is 0 Å². The lowest BCUT2D eigenvalue weighted by molar-refractivity contribution is 1.73. The number of rotatable bonds is 0. The van der Waals surface area contributed by atoms with E-state index < -0.39 is 0 Å². The van der Waals surface area contributed by atoms with Gasteiger partial charge >= 0.3 is 0 Å². The fourth-order valence-corrected chi connectivity index (χ4v) is 2.31. The van der Waals surface area contributed by atoms with Crippen LogP contribution in [0.15, 0.2) is 12.1 Å². The molecule has 0 spiro atoms. The zero-order chi connectivity index (χ0) is 12.0. The molecular formula is C10H10Al2N4. The van der Waals surface area contributed by atoms with Gasteiger partial charge in [-0.1, -0.05) is 12.1 Å². The predicted octanol–water partition coefficient (Wildman–Crippen LogP) is -1.24. The van der Waals surface area contributed by atoms with Gasteiger partial charge in [0.1, 0.15) is 0 Å².